The molecule has 0 radical (unpaired) electrons. The van der Waals surface area contributed by atoms with Gasteiger partial charge in [0.05, 0.1) is 39.9 Å². The van der Waals surface area contributed by atoms with Crippen LogP contribution in [0.25, 0.3) is 0 Å². The van der Waals surface area contributed by atoms with Gasteiger partial charge in [0.15, 0.2) is 12.4 Å². The zero-order chi connectivity index (χ0) is 38.1. The number of benzene rings is 3. The topological polar surface area (TPSA) is 137 Å². The Morgan fingerprint density at radius 3 is 1.98 bits per heavy atom. The first-order chi connectivity index (χ1) is 25.5. The van der Waals surface area contributed by atoms with Gasteiger partial charge in [0, 0.05) is 24.3 Å². The average molecular weight is 749 g/mol. The van der Waals surface area contributed by atoms with E-state index in [2.05, 4.69) is 11.1 Å². The Morgan fingerprint density at radius 1 is 0.906 bits per heavy atom. The second kappa shape index (κ2) is 18.1. The summed E-state index contributed by atoms with van der Waals surface area (Å²) in [7, 11) is 1.25. The van der Waals surface area contributed by atoms with E-state index < -0.39 is 50.0 Å². The molecule has 1 aliphatic heterocycles. The van der Waals surface area contributed by atoms with Crippen molar-refractivity contribution in [1.82, 2.24) is 14.2 Å². The third-order valence-electron chi connectivity index (χ3n) is 8.90. The fourth-order valence-electron chi connectivity index (χ4n) is 6.49. The summed E-state index contributed by atoms with van der Waals surface area (Å²) in [6.45, 7) is 7.77. The number of nitrogens with one attached hydrogen (secondary N) is 1. The maximum atomic E-state index is 16.9. The van der Waals surface area contributed by atoms with E-state index in [9.17, 15) is 14.9 Å². The van der Waals surface area contributed by atoms with Gasteiger partial charge < -0.3 is 28.0 Å². The third kappa shape index (κ3) is 8.87. The molecule has 1 aliphatic rings. The van der Waals surface area contributed by atoms with Crippen molar-refractivity contribution in [3.05, 3.63) is 129 Å². The number of aromatic nitrogens is 2. The number of hydrogen-bond donors (Lipinski definition) is 1. The molecule has 0 amide bonds. The molecule has 1 fully saturated rings. The van der Waals surface area contributed by atoms with Crippen molar-refractivity contribution in [1.29, 1.82) is 5.26 Å². The Morgan fingerprint density at radius 2 is 1.47 bits per heavy atom. The molecule has 0 bridgehead atoms. The lowest BCUT2D eigenvalue weighted by atomic mass is 9.80. The van der Waals surface area contributed by atoms with E-state index in [1.807, 2.05) is 111 Å². The molecule has 14 heteroatoms. The van der Waals surface area contributed by atoms with E-state index in [1.165, 1.54) is 6.20 Å². The van der Waals surface area contributed by atoms with E-state index in [0.29, 0.717) is 11.5 Å². The van der Waals surface area contributed by atoms with E-state index in [1.54, 1.807) is 14.2 Å². The average Bonchev–Trinajstić information content (AvgIpc) is 3.46. The first-order valence-electron chi connectivity index (χ1n) is 17.4. The first-order valence-corrected chi connectivity index (χ1v) is 18.5. The molecule has 4 aromatic rings. The van der Waals surface area contributed by atoms with Gasteiger partial charge in [-0.2, -0.15) is 5.26 Å². The summed E-state index contributed by atoms with van der Waals surface area (Å²) in [4.78, 5) is 27.1. The highest BCUT2D eigenvalue weighted by Gasteiger charge is 2.51. The summed E-state index contributed by atoms with van der Waals surface area (Å²) >= 11 is 0. The molecule has 1 aromatic heterocycles. The van der Waals surface area contributed by atoms with Gasteiger partial charge in [-0.1, -0.05) is 54.6 Å². The van der Waals surface area contributed by atoms with Crippen LogP contribution in [0, 0.1) is 11.3 Å². The lowest BCUT2D eigenvalue weighted by molar-refractivity contribution is -0.0934. The molecule has 4 unspecified atom stereocenters. The normalized spacial score (nSPS) is 19.4. The summed E-state index contributed by atoms with van der Waals surface area (Å²) in [6, 6.07) is 27.7. The minimum absolute atomic E-state index is 0.0632. The lowest BCUT2D eigenvalue weighted by Crippen LogP contribution is -2.41. The molecular formula is C39H46FN4O8P. The van der Waals surface area contributed by atoms with Crippen LogP contribution in [-0.4, -0.2) is 72.1 Å². The number of nitriles is 1. The van der Waals surface area contributed by atoms with Crippen molar-refractivity contribution in [3.63, 3.8) is 0 Å². The fourth-order valence-corrected chi connectivity index (χ4v) is 8.25. The van der Waals surface area contributed by atoms with Gasteiger partial charge in [-0.25, -0.2) is 13.9 Å². The Balaban J connectivity index is 1.62. The van der Waals surface area contributed by atoms with E-state index >= 15 is 4.39 Å². The van der Waals surface area contributed by atoms with Crippen molar-refractivity contribution in [2.24, 2.45) is 0 Å². The molecule has 5 atom stereocenters. The number of ether oxygens (including phenoxy) is 4. The summed E-state index contributed by atoms with van der Waals surface area (Å²) in [5.41, 5.74) is -0.435. The molecule has 2 heterocycles. The Hall–Kier alpha value is -4.41. The van der Waals surface area contributed by atoms with E-state index in [4.69, 9.17) is 28.0 Å². The first kappa shape index (κ1) is 39.8. The molecule has 0 saturated carbocycles. The Bertz CT molecular complexity index is 1860. The smallest absolute Gasteiger partial charge is 0.330 e. The predicted octanol–water partition coefficient (Wildman–Crippen LogP) is 6.46. The van der Waals surface area contributed by atoms with Crippen molar-refractivity contribution in [3.8, 4) is 17.6 Å². The number of aromatic amines is 1. The molecule has 0 spiro atoms. The number of rotatable bonds is 17. The molecule has 3 aromatic carbocycles. The zero-order valence-electron chi connectivity index (χ0n) is 30.7. The second-order valence-corrected chi connectivity index (χ2v) is 14.4. The fraction of sp³-hybridized carbons (Fsp3) is 0.410. The van der Waals surface area contributed by atoms with Gasteiger partial charge in [0.1, 0.15) is 29.3 Å². The maximum absolute atomic E-state index is 16.9. The number of hydrogen-bond acceptors (Lipinski definition) is 10. The van der Waals surface area contributed by atoms with Crippen molar-refractivity contribution in [2.75, 3.05) is 27.4 Å². The number of nitrogens with zero attached hydrogens (tertiary/aromatic N) is 3. The Labute approximate surface area is 310 Å². The minimum atomic E-state index is -1.93. The van der Waals surface area contributed by atoms with Crippen LogP contribution in [-0.2, 0) is 24.1 Å². The standard InChI is InChI=1S/C39H46FN4O8P/c1-26(2)44(27(3)4)53(50-24-10-22-41)52-36-33(51-37(35(36)40)43-23-21-34(45)42-38(43)46)25-49-39(28-11-8-7-9-12-28,29-13-17-31(47-5)18-14-29)30-15-19-32(48-6)20-16-30/h7-9,11-21,23,26-27,33,35-37H,10,24-25H2,1-6H3,(H,42,45,46)/t33?,35?,36-,37?,53?/m0/s1. The molecule has 282 valence electrons. The van der Waals surface area contributed by atoms with Crippen LogP contribution in [0.2, 0.25) is 0 Å². The molecule has 0 aliphatic carbocycles. The van der Waals surface area contributed by atoms with Crippen LogP contribution in [0.4, 0.5) is 4.39 Å². The van der Waals surface area contributed by atoms with Crippen molar-refractivity contribution < 1.29 is 32.4 Å². The molecule has 53 heavy (non-hydrogen) atoms. The van der Waals surface area contributed by atoms with Gasteiger partial charge in [0.25, 0.3) is 14.1 Å². The summed E-state index contributed by atoms with van der Waals surface area (Å²) in [6.07, 6.45) is -4.44. The van der Waals surface area contributed by atoms with E-state index in [-0.39, 0.29) is 31.7 Å². The largest absolute Gasteiger partial charge is 0.497 e. The summed E-state index contributed by atoms with van der Waals surface area (Å²) < 4.78 is 57.0. The highest BCUT2D eigenvalue weighted by atomic mass is 31.2. The predicted molar refractivity (Wildman–Crippen MR) is 198 cm³/mol. The third-order valence-corrected chi connectivity index (χ3v) is 11.0. The van der Waals surface area contributed by atoms with Gasteiger partial charge >= 0.3 is 5.69 Å². The zero-order valence-corrected chi connectivity index (χ0v) is 31.6. The van der Waals surface area contributed by atoms with Gasteiger partial charge in [0.2, 0.25) is 0 Å². The number of alkyl halides is 1. The number of halogens is 1. The highest BCUT2D eigenvalue weighted by Crippen LogP contribution is 2.51. The monoisotopic (exact) mass is 748 g/mol. The quantitative estimate of drug-likeness (QED) is 0.0728. The number of H-pyrrole nitrogens is 1. The summed E-state index contributed by atoms with van der Waals surface area (Å²) in [5, 5.41) is 9.25. The van der Waals surface area contributed by atoms with Crippen molar-refractivity contribution in [2.45, 2.75) is 76.4 Å². The molecule has 1 saturated heterocycles. The van der Waals surface area contributed by atoms with Crippen LogP contribution in [0.3, 0.4) is 0 Å². The number of methoxy groups -OCH3 is 2. The molecule has 5 rings (SSSR count). The second-order valence-electron chi connectivity index (χ2n) is 13.0. The van der Waals surface area contributed by atoms with Crippen molar-refractivity contribution >= 4 is 8.53 Å². The van der Waals surface area contributed by atoms with Gasteiger partial charge in [-0.15, -0.1) is 0 Å². The highest BCUT2D eigenvalue weighted by molar-refractivity contribution is 7.44. The minimum Gasteiger partial charge on any atom is -0.497 e. The van der Waals surface area contributed by atoms with Crippen LogP contribution in [0.1, 0.15) is 57.0 Å². The Kier molecular flexibility index (Phi) is 13.6. The van der Waals surface area contributed by atoms with Crippen LogP contribution >= 0.6 is 8.53 Å². The van der Waals surface area contributed by atoms with Crippen LogP contribution in [0.5, 0.6) is 11.5 Å². The summed E-state index contributed by atoms with van der Waals surface area (Å²) in [5.74, 6) is 1.30. The SMILES string of the molecule is COc1ccc(C(OCC2OC(n3ccc(=O)[nH]c3=O)C(F)[C@H]2OP(OCCC#N)N(C(C)C)C(C)C)(c2ccccc2)c2ccc(OC)cc2)cc1. The van der Waals surface area contributed by atoms with Gasteiger partial charge in [-0.3, -0.25) is 14.3 Å². The molecular weight excluding hydrogens is 702 g/mol. The lowest BCUT2D eigenvalue weighted by Gasteiger charge is -2.39. The molecule has 1 N–H and O–H groups in total. The maximum Gasteiger partial charge on any atom is 0.330 e. The van der Waals surface area contributed by atoms with Gasteiger partial charge in [-0.05, 0) is 68.7 Å². The van der Waals surface area contributed by atoms with Crippen LogP contribution in [0.15, 0.2) is 101 Å². The van der Waals surface area contributed by atoms with E-state index in [0.717, 1.165) is 27.3 Å². The van der Waals surface area contributed by atoms with Crippen LogP contribution < -0.4 is 20.7 Å². The molecule has 12 nitrogen and oxygen atoms in total.